The average Bonchev–Trinajstić information content (AvgIpc) is 3.13. The molecule has 1 aromatic carbocycles. The Morgan fingerprint density at radius 2 is 2.04 bits per heavy atom. The molecule has 3 rings (SSSR count). The van der Waals surface area contributed by atoms with Gasteiger partial charge in [-0.15, -0.1) is 0 Å². The minimum atomic E-state index is -0.683. The molecule has 6 heteroatoms. The largest absolute Gasteiger partial charge is 0.487 e. The van der Waals surface area contributed by atoms with Gasteiger partial charge in [0, 0.05) is 25.3 Å². The number of carbonyl (C=O) groups excluding carboxylic acids is 2. The molecule has 1 N–H and O–H groups in total. The van der Waals surface area contributed by atoms with E-state index in [4.69, 9.17) is 4.74 Å². The van der Waals surface area contributed by atoms with E-state index in [9.17, 15) is 14.0 Å². The number of likely N-dealkylation sites (tertiary alicyclic amines) is 1. The van der Waals surface area contributed by atoms with Crippen molar-refractivity contribution < 1.29 is 18.7 Å². The summed E-state index contributed by atoms with van der Waals surface area (Å²) in [5.41, 5.74) is 0.341. The van der Waals surface area contributed by atoms with Gasteiger partial charge in [-0.2, -0.15) is 0 Å². The summed E-state index contributed by atoms with van der Waals surface area (Å²) < 4.78 is 19.8. The predicted molar refractivity (Wildman–Crippen MR) is 83.7 cm³/mol. The van der Waals surface area contributed by atoms with Crippen LogP contribution in [0.2, 0.25) is 0 Å². The summed E-state index contributed by atoms with van der Waals surface area (Å²) in [7, 11) is 1.67. The Hall–Kier alpha value is -2.11. The fourth-order valence-electron chi connectivity index (χ4n) is 3.15. The van der Waals surface area contributed by atoms with E-state index in [-0.39, 0.29) is 23.7 Å². The molecule has 2 amide bonds. The van der Waals surface area contributed by atoms with Crippen LogP contribution in [0.15, 0.2) is 18.2 Å². The summed E-state index contributed by atoms with van der Waals surface area (Å²) in [6, 6.07) is 4.38. The monoisotopic (exact) mass is 320 g/mol. The Morgan fingerprint density at radius 1 is 1.30 bits per heavy atom. The van der Waals surface area contributed by atoms with E-state index in [0.29, 0.717) is 18.7 Å². The van der Waals surface area contributed by atoms with Crippen LogP contribution in [-0.2, 0) is 9.59 Å². The summed E-state index contributed by atoms with van der Waals surface area (Å²) >= 11 is 0. The van der Waals surface area contributed by atoms with Crippen molar-refractivity contribution in [3.05, 3.63) is 24.0 Å². The first-order chi connectivity index (χ1) is 11.0. The molecular formula is C17H21FN2O3. The van der Waals surface area contributed by atoms with Gasteiger partial charge >= 0.3 is 0 Å². The van der Waals surface area contributed by atoms with Crippen LogP contribution in [0.25, 0.3) is 0 Å². The quantitative estimate of drug-likeness (QED) is 0.868. The van der Waals surface area contributed by atoms with Crippen LogP contribution in [0, 0.1) is 11.7 Å². The highest BCUT2D eigenvalue weighted by atomic mass is 19.1. The average molecular weight is 320 g/mol. The Bertz CT molecular complexity index is 614. The summed E-state index contributed by atoms with van der Waals surface area (Å²) in [6.45, 7) is 0.569. The molecule has 1 saturated carbocycles. The second-order valence-electron chi connectivity index (χ2n) is 6.26. The molecule has 2 aliphatic rings. The van der Waals surface area contributed by atoms with Gasteiger partial charge in [0.25, 0.3) is 0 Å². The summed E-state index contributed by atoms with van der Waals surface area (Å²) in [5.74, 6) is -1.54. The maximum atomic E-state index is 14.1. The van der Waals surface area contributed by atoms with Crippen molar-refractivity contribution in [1.29, 1.82) is 0 Å². The molecule has 23 heavy (non-hydrogen) atoms. The Kier molecular flexibility index (Phi) is 4.50. The number of benzene rings is 1. The van der Waals surface area contributed by atoms with Gasteiger partial charge in [-0.05, 0) is 44.2 Å². The zero-order valence-corrected chi connectivity index (χ0v) is 13.2. The molecule has 1 heterocycles. The Morgan fingerprint density at radius 3 is 2.65 bits per heavy atom. The topological polar surface area (TPSA) is 58.6 Å². The lowest BCUT2D eigenvalue weighted by Gasteiger charge is -2.15. The van der Waals surface area contributed by atoms with Gasteiger partial charge in [0.15, 0.2) is 11.6 Å². The standard InChI is InChI=1S/C17H21FN2O3/c1-20-9-8-13(17(20)22)16(21)19-11-6-7-15(14(18)10-11)23-12-4-2-3-5-12/h6-7,10,12-13H,2-5,8-9H2,1H3,(H,19,21). The lowest BCUT2D eigenvalue weighted by atomic mass is 10.1. The Balaban J connectivity index is 1.63. The number of hydrogen-bond acceptors (Lipinski definition) is 3. The number of ether oxygens (including phenoxy) is 1. The molecule has 1 atom stereocenters. The number of anilines is 1. The zero-order chi connectivity index (χ0) is 16.4. The number of amides is 2. The minimum absolute atomic E-state index is 0.0802. The smallest absolute Gasteiger partial charge is 0.237 e. The van der Waals surface area contributed by atoms with Gasteiger partial charge in [-0.1, -0.05) is 0 Å². The molecule has 1 unspecified atom stereocenters. The summed E-state index contributed by atoms with van der Waals surface area (Å²) in [4.78, 5) is 25.5. The van der Waals surface area contributed by atoms with Crippen molar-refractivity contribution in [2.45, 2.75) is 38.2 Å². The second kappa shape index (κ2) is 6.56. The van der Waals surface area contributed by atoms with Gasteiger partial charge in [-0.25, -0.2) is 4.39 Å². The van der Waals surface area contributed by atoms with Crippen molar-refractivity contribution in [3.63, 3.8) is 0 Å². The van der Waals surface area contributed by atoms with Crippen LogP contribution in [0.3, 0.4) is 0 Å². The van der Waals surface area contributed by atoms with Crippen LogP contribution >= 0.6 is 0 Å². The van der Waals surface area contributed by atoms with E-state index >= 15 is 0 Å². The van der Waals surface area contributed by atoms with Crippen molar-refractivity contribution >= 4 is 17.5 Å². The number of carbonyl (C=O) groups is 2. The summed E-state index contributed by atoms with van der Waals surface area (Å²) in [6.07, 6.45) is 4.71. The normalized spacial score (nSPS) is 21.7. The van der Waals surface area contributed by atoms with Gasteiger partial charge < -0.3 is 15.0 Å². The van der Waals surface area contributed by atoms with Crippen molar-refractivity contribution in [3.8, 4) is 5.75 Å². The highest BCUT2D eigenvalue weighted by Gasteiger charge is 2.34. The van der Waals surface area contributed by atoms with E-state index in [1.807, 2.05) is 0 Å². The molecule has 0 aromatic heterocycles. The highest BCUT2D eigenvalue weighted by molar-refractivity contribution is 6.07. The summed E-state index contributed by atoms with van der Waals surface area (Å²) in [5, 5.41) is 2.61. The number of nitrogens with one attached hydrogen (secondary N) is 1. The zero-order valence-electron chi connectivity index (χ0n) is 13.2. The molecular weight excluding hydrogens is 299 g/mol. The fourth-order valence-corrected chi connectivity index (χ4v) is 3.15. The second-order valence-corrected chi connectivity index (χ2v) is 6.26. The van der Waals surface area contributed by atoms with Crippen LogP contribution < -0.4 is 10.1 Å². The molecule has 1 aliphatic carbocycles. The van der Waals surface area contributed by atoms with E-state index in [1.165, 1.54) is 17.0 Å². The van der Waals surface area contributed by atoms with Gasteiger partial charge in [-0.3, -0.25) is 9.59 Å². The molecule has 124 valence electrons. The van der Waals surface area contributed by atoms with E-state index in [2.05, 4.69) is 5.32 Å². The van der Waals surface area contributed by atoms with E-state index in [1.54, 1.807) is 13.1 Å². The maximum absolute atomic E-state index is 14.1. The fraction of sp³-hybridized carbons (Fsp3) is 0.529. The first-order valence-electron chi connectivity index (χ1n) is 8.06. The molecule has 1 aliphatic heterocycles. The third-order valence-corrected chi connectivity index (χ3v) is 4.54. The van der Waals surface area contributed by atoms with Crippen LogP contribution in [0.5, 0.6) is 5.75 Å². The first-order valence-corrected chi connectivity index (χ1v) is 8.06. The van der Waals surface area contributed by atoms with Gasteiger partial charge in [0.05, 0.1) is 6.10 Å². The molecule has 1 saturated heterocycles. The van der Waals surface area contributed by atoms with E-state index in [0.717, 1.165) is 25.7 Å². The van der Waals surface area contributed by atoms with Crippen molar-refractivity contribution in [2.75, 3.05) is 18.9 Å². The number of halogens is 1. The van der Waals surface area contributed by atoms with E-state index < -0.39 is 11.7 Å². The highest BCUT2D eigenvalue weighted by Crippen LogP contribution is 2.28. The minimum Gasteiger partial charge on any atom is -0.487 e. The number of hydrogen-bond donors (Lipinski definition) is 1. The molecule has 2 fully saturated rings. The molecule has 0 spiro atoms. The number of rotatable bonds is 4. The van der Waals surface area contributed by atoms with Crippen LogP contribution in [0.4, 0.5) is 10.1 Å². The molecule has 1 aromatic rings. The van der Waals surface area contributed by atoms with Gasteiger partial charge in [0.2, 0.25) is 11.8 Å². The van der Waals surface area contributed by atoms with Crippen LogP contribution in [-0.4, -0.2) is 36.4 Å². The number of nitrogens with zero attached hydrogens (tertiary/aromatic N) is 1. The maximum Gasteiger partial charge on any atom is 0.237 e. The first kappa shape index (κ1) is 15.8. The SMILES string of the molecule is CN1CCC(C(=O)Nc2ccc(OC3CCCC3)c(F)c2)C1=O. The lowest BCUT2D eigenvalue weighted by molar-refractivity contribution is -0.134. The third kappa shape index (κ3) is 3.46. The molecule has 0 radical (unpaired) electrons. The lowest BCUT2D eigenvalue weighted by Crippen LogP contribution is -2.30. The third-order valence-electron chi connectivity index (χ3n) is 4.54. The molecule has 5 nitrogen and oxygen atoms in total. The van der Waals surface area contributed by atoms with Gasteiger partial charge in [0.1, 0.15) is 5.92 Å². The Labute approximate surface area is 134 Å². The molecule has 0 bridgehead atoms. The predicted octanol–water partition coefficient (Wildman–Crippen LogP) is 2.56. The van der Waals surface area contributed by atoms with Crippen molar-refractivity contribution in [1.82, 2.24) is 4.90 Å². The van der Waals surface area contributed by atoms with Crippen LogP contribution in [0.1, 0.15) is 32.1 Å². The van der Waals surface area contributed by atoms with Crippen molar-refractivity contribution in [2.24, 2.45) is 5.92 Å².